The van der Waals surface area contributed by atoms with E-state index in [0.717, 1.165) is 27.4 Å². The number of nitrogens with zero attached hydrogens (tertiary/aromatic N) is 1. The van der Waals surface area contributed by atoms with E-state index in [2.05, 4.69) is 42.0 Å². The fourth-order valence-electron chi connectivity index (χ4n) is 2.58. The molecule has 0 N–H and O–H groups in total. The highest BCUT2D eigenvalue weighted by atomic mass is 35.5. The summed E-state index contributed by atoms with van der Waals surface area (Å²) < 4.78 is 0. The lowest BCUT2D eigenvalue weighted by Crippen LogP contribution is -1.85. The Bertz CT molecular complexity index is 954. The molecule has 0 aliphatic rings. The maximum Gasteiger partial charge on any atom is 0.113 e. The van der Waals surface area contributed by atoms with Gasteiger partial charge in [-0.1, -0.05) is 60.9 Å². The molecule has 2 aromatic carbocycles. The molecule has 0 aliphatic carbocycles. The number of pyridine rings is 1. The molecule has 1 aromatic heterocycles. The van der Waals surface area contributed by atoms with Crippen LogP contribution < -0.4 is 0 Å². The summed E-state index contributed by atoms with van der Waals surface area (Å²) in [5.41, 5.74) is 6.32. The van der Waals surface area contributed by atoms with Crippen LogP contribution in [-0.4, -0.2) is 4.98 Å². The van der Waals surface area contributed by atoms with Gasteiger partial charge in [0.2, 0.25) is 0 Å². The molecule has 0 unspecified atom stereocenters. The van der Waals surface area contributed by atoms with Crippen molar-refractivity contribution in [3.63, 3.8) is 0 Å². The Balaban J connectivity index is 1.74. The van der Waals surface area contributed by atoms with E-state index in [1.54, 1.807) is 0 Å². The van der Waals surface area contributed by atoms with Crippen LogP contribution in [0.3, 0.4) is 0 Å². The molecule has 1 radical (unpaired) electrons. The monoisotopic (exact) mass is 356 g/mol. The Kier molecular flexibility index (Phi) is 5.89. The molecule has 1 heterocycles. The largest absolute Gasteiger partial charge is 0.247 e. The average Bonchev–Trinajstić information content (AvgIpc) is 2.68. The van der Waals surface area contributed by atoms with E-state index < -0.39 is 0 Å². The van der Waals surface area contributed by atoms with E-state index in [1.165, 1.54) is 11.1 Å². The average molecular weight is 357 g/mol. The third-order valence-electron chi connectivity index (χ3n) is 4.03. The molecule has 0 spiro atoms. The fraction of sp³-hybridized carbons (Fsp3) is 0.0833. The molecular weight excluding hydrogens is 338 g/mol. The number of halogens is 1. The zero-order valence-corrected chi connectivity index (χ0v) is 15.6. The highest BCUT2D eigenvalue weighted by Crippen LogP contribution is 2.20. The summed E-state index contributed by atoms with van der Waals surface area (Å²) >= 11 is 5.93. The van der Waals surface area contributed by atoms with Crippen molar-refractivity contribution in [2.75, 3.05) is 0 Å². The van der Waals surface area contributed by atoms with Crippen molar-refractivity contribution in [2.24, 2.45) is 0 Å². The van der Waals surface area contributed by atoms with Crippen molar-refractivity contribution in [2.45, 2.75) is 13.8 Å². The van der Waals surface area contributed by atoms with Crippen LogP contribution in [0.1, 0.15) is 30.7 Å². The van der Waals surface area contributed by atoms with Crippen LogP contribution in [0.25, 0.3) is 16.7 Å². The van der Waals surface area contributed by atoms with E-state index >= 15 is 0 Å². The van der Waals surface area contributed by atoms with Gasteiger partial charge in [0, 0.05) is 22.3 Å². The molecule has 127 valence electrons. The summed E-state index contributed by atoms with van der Waals surface area (Å²) in [5.74, 6) is 6.29. The van der Waals surface area contributed by atoms with E-state index in [1.807, 2.05) is 68.1 Å². The van der Waals surface area contributed by atoms with Gasteiger partial charge in [0.05, 0.1) is 0 Å². The van der Waals surface area contributed by atoms with E-state index in [4.69, 9.17) is 11.6 Å². The molecule has 0 fully saturated rings. The second-order valence-electron chi connectivity index (χ2n) is 5.95. The first-order chi connectivity index (χ1) is 12.7. The molecule has 2 heteroatoms. The molecule has 0 saturated heterocycles. The van der Waals surface area contributed by atoms with Crippen LogP contribution in [0.2, 0.25) is 5.02 Å². The van der Waals surface area contributed by atoms with Crippen molar-refractivity contribution >= 4 is 17.2 Å². The van der Waals surface area contributed by atoms with Crippen molar-refractivity contribution in [1.82, 2.24) is 4.98 Å². The first kappa shape index (κ1) is 18.0. The first-order valence-corrected chi connectivity index (χ1v) is 8.84. The van der Waals surface area contributed by atoms with Gasteiger partial charge in [0.1, 0.15) is 5.69 Å². The Labute approximate surface area is 160 Å². The third-order valence-corrected chi connectivity index (χ3v) is 4.28. The van der Waals surface area contributed by atoms with Gasteiger partial charge in [-0.25, -0.2) is 4.98 Å². The normalized spacial score (nSPS) is 11.0. The predicted octanol–water partition coefficient (Wildman–Crippen LogP) is 6.43. The summed E-state index contributed by atoms with van der Waals surface area (Å²) in [7, 11) is 0. The van der Waals surface area contributed by atoms with Crippen molar-refractivity contribution in [3.05, 3.63) is 101 Å². The minimum Gasteiger partial charge on any atom is -0.247 e. The standard InChI is InChI=1S/C24H19ClN/c1-3-4-18(2)20-8-5-19(6-9-20)7-15-24-16-12-22(17-26-24)21-10-13-23(25)14-11-21/h3-6,8-14,16-17H,1-2H3/b18-4+. The van der Waals surface area contributed by atoms with Crippen LogP contribution in [0.5, 0.6) is 0 Å². The van der Waals surface area contributed by atoms with Crippen LogP contribution >= 0.6 is 11.6 Å². The summed E-state index contributed by atoms with van der Waals surface area (Å²) in [6.07, 6.45) is 5.99. The van der Waals surface area contributed by atoms with Gasteiger partial charge in [-0.05, 0) is 66.3 Å². The lowest BCUT2D eigenvalue weighted by Gasteiger charge is -2.01. The zero-order valence-electron chi connectivity index (χ0n) is 14.8. The minimum atomic E-state index is 0.730. The van der Waals surface area contributed by atoms with Crippen LogP contribution in [0.4, 0.5) is 0 Å². The van der Waals surface area contributed by atoms with Gasteiger partial charge in [-0.2, -0.15) is 0 Å². The van der Waals surface area contributed by atoms with E-state index in [-0.39, 0.29) is 0 Å². The molecule has 0 bridgehead atoms. The smallest absolute Gasteiger partial charge is 0.113 e. The van der Waals surface area contributed by atoms with Gasteiger partial charge in [-0.3, -0.25) is 0 Å². The fourth-order valence-corrected chi connectivity index (χ4v) is 2.71. The quantitative estimate of drug-likeness (QED) is 0.493. The molecule has 3 rings (SSSR count). The summed E-state index contributed by atoms with van der Waals surface area (Å²) in [6.45, 7) is 4.13. The maximum absolute atomic E-state index is 5.93. The van der Waals surface area contributed by atoms with E-state index in [9.17, 15) is 0 Å². The minimum absolute atomic E-state index is 0.730. The SMILES string of the molecule is C[CH]/C=C(\C)c1ccc(C#Cc2ccc(-c3ccc(Cl)cc3)cn2)cc1. The molecule has 3 aromatic rings. The topological polar surface area (TPSA) is 12.9 Å². The lowest BCUT2D eigenvalue weighted by molar-refractivity contribution is 1.29. The number of hydrogen-bond donors (Lipinski definition) is 0. The van der Waals surface area contributed by atoms with Crippen molar-refractivity contribution < 1.29 is 0 Å². The van der Waals surface area contributed by atoms with Gasteiger partial charge >= 0.3 is 0 Å². The van der Waals surface area contributed by atoms with Crippen molar-refractivity contribution in [1.29, 1.82) is 0 Å². The Morgan fingerprint density at radius 2 is 1.58 bits per heavy atom. The van der Waals surface area contributed by atoms with E-state index in [0.29, 0.717) is 0 Å². The summed E-state index contributed by atoms with van der Waals surface area (Å²) in [4.78, 5) is 4.44. The highest BCUT2D eigenvalue weighted by molar-refractivity contribution is 6.30. The lowest BCUT2D eigenvalue weighted by atomic mass is 10.0. The third kappa shape index (κ3) is 4.63. The number of allylic oxidation sites excluding steroid dienone is 2. The van der Waals surface area contributed by atoms with Crippen LogP contribution in [-0.2, 0) is 0 Å². The summed E-state index contributed by atoms with van der Waals surface area (Å²) in [6, 6.07) is 20.0. The van der Waals surface area contributed by atoms with Gasteiger partial charge < -0.3 is 0 Å². The van der Waals surface area contributed by atoms with Gasteiger partial charge in [-0.15, -0.1) is 0 Å². The zero-order chi connectivity index (χ0) is 18.4. The van der Waals surface area contributed by atoms with Crippen LogP contribution in [0, 0.1) is 18.3 Å². The maximum atomic E-state index is 5.93. The summed E-state index contributed by atoms with van der Waals surface area (Å²) in [5, 5.41) is 0.730. The number of aromatic nitrogens is 1. The molecular formula is C24H19ClN. The van der Waals surface area contributed by atoms with Gasteiger partial charge in [0.25, 0.3) is 0 Å². The number of rotatable bonds is 3. The Morgan fingerprint density at radius 3 is 2.19 bits per heavy atom. The highest BCUT2D eigenvalue weighted by Gasteiger charge is 1.99. The second-order valence-corrected chi connectivity index (χ2v) is 6.39. The van der Waals surface area contributed by atoms with Gasteiger partial charge in [0.15, 0.2) is 0 Å². The molecule has 0 aliphatic heterocycles. The molecule has 1 nitrogen and oxygen atoms in total. The predicted molar refractivity (Wildman–Crippen MR) is 111 cm³/mol. The number of benzene rings is 2. The Morgan fingerprint density at radius 1 is 0.885 bits per heavy atom. The Hall–Kier alpha value is -2.82. The molecule has 0 saturated carbocycles. The first-order valence-electron chi connectivity index (χ1n) is 8.46. The molecule has 26 heavy (non-hydrogen) atoms. The van der Waals surface area contributed by atoms with Crippen LogP contribution in [0.15, 0.2) is 72.9 Å². The molecule has 0 atom stereocenters. The number of hydrogen-bond acceptors (Lipinski definition) is 1. The molecule has 0 amide bonds. The second kappa shape index (κ2) is 8.52. The van der Waals surface area contributed by atoms with Crippen molar-refractivity contribution in [3.8, 4) is 23.0 Å².